The van der Waals surface area contributed by atoms with Gasteiger partial charge >= 0.3 is 0 Å². The maximum atomic E-state index is 3.39. The van der Waals surface area contributed by atoms with Crippen molar-refractivity contribution in [3.8, 4) is 122 Å². The van der Waals surface area contributed by atoms with Crippen molar-refractivity contribution in [1.29, 1.82) is 0 Å². The van der Waals surface area contributed by atoms with Gasteiger partial charge in [0.1, 0.15) is 0 Å². The molecule has 0 aliphatic heterocycles. The van der Waals surface area contributed by atoms with Gasteiger partial charge in [0.2, 0.25) is 0 Å². The van der Waals surface area contributed by atoms with Gasteiger partial charge in [0, 0.05) is 65.4 Å². The van der Waals surface area contributed by atoms with E-state index >= 15 is 0 Å². The zero-order valence-electron chi connectivity index (χ0n) is 73.8. The Morgan fingerprint density at radius 2 is 0.481 bits per heavy atom. The maximum Gasteiger partial charge on any atom is 0.0728 e. The Bertz CT molecular complexity index is 7620. The van der Waals surface area contributed by atoms with Crippen molar-refractivity contribution in [2.75, 3.05) is 0 Å². The van der Waals surface area contributed by atoms with E-state index in [0.717, 1.165) is 33.4 Å². The first-order valence-electron chi connectivity index (χ1n) is 45.2. The zero-order valence-corrected chi connectivity index (χ0v) is 79.5. The average Bonchev–Trinajstić information content (AvgIpc) is 1.52. The summed E-state index contributed by atoms with van der Waals surface area (Å²) in [5.41, 5.74) is 57.1. The number of rotatable bonds is 3. The molecule has 0 saturated heterocycles. The van der Waals surface area contributed by atoms with Crippen LogP contribution in [0.15, 0.2) is 443 Å². The van der Waals surface area contributed by atoms with Crippen LogP contribution in [0.2, 0.25) is 0 Å². The monoisotopic (exact) mass is 1810 g/mol. The van der Waals surface area contributed by atoms with Crippen molar-refractivity contribution in [2.24, 2.45) is 0 Å². The van der Waals surface area contributed by atoms with Crippen molar-refractivity contribution in [3.05, 3.63) is 584 Å². The fourth-order valence-electron chi connectivity index (χ4n) is 24.0. The number of aryl methyl sites for hydroxylation is 5. The molecule has 0 amide bonds. The zero-order chi connectivity index (χ0) is 86.3. The van der Waals surface area contributed by atoms with Crippen molar-refractivity contribution < 1.29 is 65.4 Å². The van der Waals surface area contributed by atoms with Crippen LogP contribution in [0.3, 0.4) is 0 Å². The first kappa shape index (κ1) is 83.2. The Morgan fingerprint density at radius 1 is 0.168 bits per heavy atom. The van der Waals surface area contributed by atoms with Gasteiger partial charge in [0.15, 0.2) is 0 Å². The third-order valence-corrected chi connectivity index (χ3v) is 29.0. The van der Waals surface area contributed by atoms with E-state index in [-0.39, 0.29) is 87.1 Å². The van der Waals surface area contributed by atoms with Crippen LogP contribution in [0.25, 0.3) is 122 Å². The summed E-state index contributed by atoms with van der Waals surface area (Å²) in [4.78, 5) is 0. The summed E-state index contributed by atoms with van der Waals surface area (Å²) in [6.45, 7) is 11.0. The molecule has 131 heavy (non-hydrogen) atoms. The molecule has 4 spiro atoms. The van der Waals surface area contributed by atoms with Gasteiger partial charge in [-0.25, -0.2) is 22.3 Å². The first-order valence-corrected chi connectivity index (χ1v) is 45.2. The van der Waals surface area contributed by atoms with Crippen molar-refractivity contribution in [3.63, 3.8) is 0 Å². The third-order valence-electron chi connectivity index (χ3n) is 29.0. The van der Waals surface area contributed by atoms with Crippen LogP contribution in [0, 0.1) is 58.9 Å². The Hall–Kier alpha value is -13.4. The Balaban J connectivity index is 0.0000000955. The minimum absolute atomic E-state index is 0. The molecule has 2 heteroatoms. The molecule has 0 bridgehead atoms. The number of benzene rings is 20. The van der Waals surface area contributed by atoms with Gasteiger partial charge in [0.25, 0.3) is 0 Å². The molecule has 8 aliphatic carbocycles. The first-order chi connectivity index (χ1) is 63.6. The Labute approximate surface area is 820 Å². The standard InChI is InChI=1S/4C26H18.C25H16.2Y/c1-17-9-8-13-21-20-12-4-7-16-24(20)26(25(17)21)22-14-5-2-10-18(22)19-11-3-6-15-23(19)26;1-17-9-8-16-24-25(17)20-12-4-7-15-23(20)26(24)21-13-5-2-10-18(21)19-11-3-6-14-22(19)26;1-17-14-15-25-21(16-17)20-10-4-7-13-24(20)26(25)22-11-5-2-8-18(22)19-9-3-6-12-23(19)26;1-17-14-15-21-20-10-4-7-13-24(20)26(25(21)16-17)22-11-5-2-8-18(22)19-9-3-6-12-23(19)26;1-19-7-5-10-23(17-19)21-13-15-22(16-14-21)25-12-6-11-24(18-25)20-8-3-2-4-9-20;;/h4*2-16H,1H3;2-8,12-13,15-18H,1H3;;/q;;;;-4;;. The van der Waals surface area contributed by atoms with Crippen LogP contribution in [0.5, 0.6) is 0 Å². The quantitative estimate of drug-likeness (QED) is 0.155. The molecule has 2 radical (unpaired) electrons. The smallest absolute Gasteiger partial charge is 0.0728 e. The van der Waals surface area contributed by atoms with Gasteiger partial charge in [-0.1, -0.05) is 382 Å². The van der Waals surface area contributed by atoms with E-state index in [0.29, 0.717) is 0 Å². The molecule has 8 aliphatic rings. The second-order valence-corrected chi connectivity index (χ2v) is 35.7. The largest absolute Gasteiger partial charge is 0.226 e. The summed E-state index contributed by atoms with van der Waals surface area (Å²) in [5, 5.41) is 0. The fourth-order valence-corrected chi connectivity index (χ4v) is 24.0. The Morgan fingerprint density at radius 3 is 0.924 bits per heavy atom. The van der Waals surface area contributed by atoms with Crippen LogP contribution >= 0.6 is 0 Å². The van der Waals surface area contributed by atoms with Crippen molar-refractivity contribution in [2.45, 2.75) is 56.3 Å². The van der Waals surface area contributed by atoms with Gasteiger partial charge in [-0.3, -0.25) is 0 Å². The average molecular weight is 1820 g/mol. The molecular formula is C129H88Y2-4. The van der Waals surface area contributed by atoms with E-state index < -0.39 is 0 Å². The van der Waals surface area contributed by atoms with Crippen LogP contribution in [0.4, 0.5) is 0 Å². The summed E-state index contributed by atoms with van der Waals surface area (Å²) < 4.78 is 0. The molecule has 0 unspecified atom stereocenters. The number of hydrogen-bond donors (Lipinski definition) is 0. The summed E-state index contributed by atoms with van der Waals surface area (Å²) in [6.07, 6.45) is 0. The van der Waals surface area contributed by atoms with Crippen LogP contribution in [-0.4, -0.2) is 0 Å². The summed E-state index contributed by atoms with van der Waals surface area (Å²) in [7, 11) is 0. The van der Waals surface area contributed by atoms with Gasteiger partial charge in [0.05, 0.1) is 21.7 Å². The molecule has 28 rings (SSSR count). The SMILES string of the molecule is Cc1cc[c-]c(-c2[c-]cc(-c3cc[c-]c(-c4[c-]cccc4)c3)cc2)c1.Cc1ccc2c(c1)-c1ccccc1C21c2ccccc2-c2ccccc21.Cc1ccc2c(c1)C1(c3ccccc3-c3ccccc31)c1ccccc1-2.Cc1cccc2c1-c1ccccc1C21c2ccccc2-c2ccccc21.Cc1cccc2c1C1(c3ccccc3-c3ccccc31)c1ccccc1-2.[Y].[Y]. The minimum atomic E-state index is -0.190. The normalized spacial score (nSPS) is 13.7. The van der Waals surface area contributed by atoms with E-state index in [1.807, 2.05) is 36.4 Å². The van der Waals surface area contributed by atoms with Crippen LogP contribution in [0.1, 0.15) is 117 Å². The molecule has 0 atom stereocenters. The minimum Gasteiger partial charge on any atom is -0.226 e. The molecule has 20 aromatic carbocycles. The summed E-state index contributed by atoms with van der Waals surface area (Å²) >= 11 is 0. The van der Waals surface area contributed by atoms with E-state index in [1.165, 1.54) is 206 Å². The molecular weight excluding hydrogens is 1730 g/mol. The van der Waals surface area contributed by atoms with Gasteiger partial charge in [-0.05, 0) is 217 Å². The molecule has 0 fully saturated rings. The predicted octanol–water partition coefficient (Wildman–Crippen LogP) is 31.5. The van der Waals surface area contributed by atoms with Crippen molar-refractivity contribution in [1.82, 2.24) is 0 Å². The topological polar surface area (TPSA) is 0 Å². The summed E-state index contributed by atoms with van der Waals surface area (Å²) in [5.74, 6) is 0. The number of hydrogen-bond acceptors (Lipinski definition) is 0. The van der Waals surface area contributed by atoms with E-state index in [1.54, 1.807) is 0 Å². The molecule has 614 valence electrons. The maximum absolute atomic E-state index is 3.39. The molecule has 0 nitrogen and oxygen atoms in total. The van der Waals surface area contributed by atoms with Gasteiger partial charge in [-0.15, -0.1) is 35.4 Å². The van der Waals surface area contributed by atoms with Gasteiger partial charge < -0.3 is 0 Å². The predicted molar refractivity (Wildman–Crippen MR) is 533 cm³/mol. The molecule has 0 saturated carbocycles. The fraction of sp³-hybridized carbons (Fsp3) is 0.0698. The van der Waals surface area contributed by atoms with Crippen LogP contribution < -0.4 is 0 Å². The molecule has 0 aromatic heterocycles. The Kier molecular flexibility index (Phi) is 21.1. The van der Waals surface area contributed by atoms with E-state index in [4.69, 9.17) is 0 Å². The van der Waals surface area contributed by atoms with E-state index in [9.17, 15) is 0 Å². The second-order valence-electron chi connectivity index (χ2n) is 35.7. The van der Waals surface area contributed by atoms with Gasteiger partial charge in [-0.2, -0.15) is 84.4 Å². The molecule has 20 aromatic rings. The van der Waals surface area contributed by atoms with Crippen molar-refractivity contribution >= 4 is 0 Å². The summed E-state index contributed by atoms with van der Waals surface area (Å²) in [6, 6.07) is 175. The molecule has 0 N–H and O–H groups in total. The van der Waals surface area contributed by atoms with E-state index in [2.05, 4.69) is 465 Å². The second kappa shape index (κ2) is 33.2. The molecule has 0 heterocycles. The van der Waals surface area contributed by atoms with Crippen LogP contribution in [-0.2, 0) is 87.1 Å². The third kappa shape index (κ3) is 12.5. The number of fused-ring (bicyclic) bond motifs is 40.